The number of nitrogens with zero attached hydrogens (tertiary/aromatic N) is 1. The molecule has 0 unspecified atom stereocenters. The van der Waals surface area contributed by atoms with Crippen molar-refractivity contribution >= 4 is 29.0 Å². The van der Waals surface area contributed by atoms with E-state index in [0.717, 1.165) is 5.56 Å². The minimum Gasteiger partial charge on any atom is -0.465 e. The third-order valence-electron chi connectivity index (χ3n) is 1.72. The third-order valence-corrected chi connectivity index (χ3v) is 1.81. The Labute approximate surface area is 87.4 Å². The van der Waals surface area contributed by atoms with Crippen molar-refractivity contribution in [1.82, 2.24) is 0 Å². The van der Waals surface area contributed by atoms with Gasteiger partial charge in [0.15, 0.2) is 0 Å². The molecule has 0 atom stereocenters. The highest BCUT2D eigenvalue weighted by atomic mass is 32.1. The van der Waals surface area contributed by atoms with Crippen molar-refractivity contribution in [2.75, 3.05) is 7.11 Å². The molecule has 0 bridgehead atoms. The molecule has 72 valence electrons. The van der Waals surface area contributed by atoms with Crippen LogP contribution in [0.25, 0.3) is 0 Å². The standard InChI is InChI=1S/C10H9NO2S/c1-7-3-4-9(11-6-14)8(5-7)10(12)13-2/h3-5H,1-2H3. The Kier molecular flexibility index (Phi) is 3.51. The summed E-state index contributed by atoms with van der Waals surface area (Å²) in [5.74, 6) is -0.419. The zero-order valence-electron chi connectivity index (χ0n) is 7.90. The molecule has 0 heterocycles. The number of aryl methyl sites for hydroxylation is 1. The SMILES string of the molecule is COC(=O)c1cc(C)ccc1N=C=S. The molecule has 0 saturated carbocycles. The summed E-state index contributed by atoms with van der Waals surface area (Å²) in [5.41, 5.74) is 1.86. The largest absolute Gasteiger partial charge is 0.465 e. The number of thiocarbonyl (C=S) groups is 1. The van der Waals surface area contributed by atoms with Crippen LogP contribution in [-0.2, 0) is 4.74 Å². The second kappa shape index (κ2) is 4.65. The smallest absolute Gasteiger partial charge is 0.340 e. The van der Waals surface area contributed by atoms with Gasteiger partial charge in [-0.15, -0.1) is 0 Å². The van der Waals surface area contributed by atoms with E-state index in [1.54, 1.807) is 12.1 Å². The molecule has 0 aliphatic rings. The summed E-state index contributed by atoms with van der Waals surface area (Å²) in [4.78, 5) is 15.1. The average Bonchev–Trinajstić information content (AvgIpc) is 2.20. The van der Waals surface area contributed by atoms with Crippen molar-refractivity contribution in [3.63, 3.8) is 0 Å². The maximum atomic E-state index is 11.3. The van der Waals surface area contributed by atoms with Gasteiger partial charge in [0.1, 0.15) is 0 Å². The number of isothiocyanates is 1. The van der Waals surface area contributed by atoms with E-state index in [4.69, 9.17) is 0 Å². The number of ether oxygens (including phenoxy) is 1. The topological polar surface area (TPSA) is 38.7 Å². The highest BCUT2D eigenvalue weighted by molar-refractivity contribution is 7.78. The van der Waals surface area contributed by atoms with E-state index in [0.29, 0.717) is 11.3 Å². The Balaban J connectivity index is 3.28. The number of hydrogen-bond donors (Lipinski definition) is 0. The minimum atomic E-state index is -0.419. The number of rotatable bonds is 2. The van der Waals surface area contributed by atoms with Gasteiger partial charge in [0.2, 0.25) is 0 Å². The second-order valence-corrected chi connectivity index (χ2v) is 2.90. The third kappa shape index (κ3) is 2.25. The van der Waals surface area contributed by atoms with Crippen LogP contribution in [0, 0.1) is 6.92 Å². The van der Waals surface area contributed by atoms with Crippen LogP contribution < -0.4 is 0 Å². The van der Waals surface area contributed by atoms with Crippen LogP contribution in [-0.4, -0.2) is 18.2 Å². The number of carbonyl (C=O) groups is 1. The fourth-order valence-electron chi connectivity index (χ4n) is 1.07. The molecule has 0 radical (unpaired) electrons. The van der Waals surface area contributed by atoms with E-state index >= 15 is 0 Å². The number of carbonyl (C=O) groups excluding carboxylic acids is 1. The molecule has 14 heavy (non-hydrogen) atoms. The zero-order valence-corrected chi connectivity index (χ0v) is 8.72. The first-order chi connectivity index (χ1) is 6.69. The van der Waals surface area contributed by atoms with Gasteiger partial charge < -0.3 is 4.74 Å². The lowest BCUT2D eigenvalue weighted by Gasteiger charge is -2.03. The molecule has 0 spiro atoms. The summed E-state index contributed by atoms with van der Waals surface area (Å²) in [6.07, 6.45) is 0. The van der Waals surface area contributed by atoms with Crippen LogP contribution in [0.15, 0.2) is 23.2 Å². The molecule has 0 fully saturated rings. The number of hydrogen-bond acceptors (Lipinski definition) is 4. The molecular formula is C10H9NO2S. The Morgan fingerprint density at radius 3 is 2.86 bits per heavy atom. The van der Waals surface area contributed by atoms with Gasteiger partial charge in [0, 0.05) is 0 Å². The molecule has 0 aromatic heterocycles. The van der Waals surface area contributed by atoms with E-state index in [9.17, 15) is 4.79 Å². The van der Waals surface area contributed by atoms with Crippen molar-refractivity contribution in [1.29, 1.82) is 0 Å². The summed E-state index contributed by atoms with van der Waals surface area (Å²) in [5, 5.41) is 2.22. The van der Waals surface area contributed by atoms with E-state index in [2.05, 4.69) is 27.1 Å². The summed E-state index contributed by atoms with van der Waals surface area (Å²) in [6, 6.07) is 5.26. The molecule has 0 saturated heterocycles. The molecule has 0 aliphatic carbocycles. The normalized spacial score (nSPS) is 9.00. The molecule has 1 rings (SSSR count). The first-order valence-corrected chi connectivity index (χ1v) is 4.36. The van der Waals surface area contributed by atoms with E-state index < -0.39 is 5.97 Å². The van der Waals surface area contributed by atoms with Crippen LogP contribution in [0.3, 0.4) is 0 Å². The number of benzene rings is 1. The fourth-order valence-corrected chi connectivity index (χ4v) is 1.17. The highest BCUT2D eigenvalue weighted by Gasteiger charge is 2.10. The van der Waals surface area contributed by atoms with Gasteiger partial charge in [0.25, 0.3) is 0 Å². The lowest BCUT2D eigenvalue weighted by Crippen LogP contribution is -2.01. The summed E-state index contributed by atoms with van der Waals surface area (Å²) >= 11 is 4.48. The van der Waals surface area contributed by atoms with E-state index in [-0.39, 0.29) is 0 Å². The van der Waals surface area contributed by atoms with Crippen molar-refractivity contribution in [3.05, 3.63) is 29.3 Å². The number of aliphatic imine (C=N–C) groups is 1. The first-order valence-electron chi connectivity index (χ1n) is 3.96. The van der Waals surface area contributed by atoms with Crippen molar-refractivity contribution in [3.8, 4) is 0 Å². The Morgan fingerprint density at radius 1 is 1.57 bits per heavy atom. The monoisotopic (exact) mass is 207 g/mol. The average molecular weight is 207 g/mol. The van der Waals surface area contributed by atoms with Crippen molar-refractivity contribution < 1.29 is 9.53 Å². The fraction of sp³-hybridized carbons (Fsp3) is 0.200. The molecule has 4 heteroatoms. The Hall–Kier alpha value is -1.51. The Bertz CT molecular complexity index is 409. The number of esters is 1. The van der Waals surface area contributed by atoms with Gasteiger partial charge in [0.05, 0.1) is 23.5 Å². The van der Waals surface area contributed by atoms with Gasteiger partial charge in [-0.25, -0.2) is 4.79 Å². The lowest BCUT2D eigenvalue weighted by atomic mass is 10.1. The van der Waals surface area contributed by atoms with Crippen molar-refractivity contribution in [2.24, 2.45) is 4.99 Å². The summed E-state index contributed by atoms with van der Waals surface area (Å²) in [7, 11) is 1.33. The molecular weight excluding hydrogens is 198 g/mol. The van der Waals surface area contributed by atoms with Crippen LogP contribution in [0.5, 0.6) is 0 Å². The highest BCUT2D eigenvalue weighted by Crippen LogP contribution is 2.20. The Morgan fingerprint density at radius 2 is 2.29 bits per heavy atom. The number of methoxy groups -OCH3 is 1. The van der Waals surface area contributed by atoms with Gasteiger partial charge in [-0.2, -0.15) is 4.99 Å². The molecule has 0 amide bonds. The molecule has 3 nitrogen and oxygen atoms in total. The second-order valence-electron chi connectivity index (χ2n) is 2.72. The lowest BCUT2D eigenvalue weighted by molar-refractivity contribution is 0.0601. The first kappa shape index (κ1) is 10.6. The molecule has 0 aliphatic heterocycles. The van der Waals surface area contributed by atoms with Gasteiger partial charge >= 0.3 is 5.97 Å². The van der Waals surface area contributed by atoms with E-state index in [1.165, 1.54) is 7.11 Å². The molecule has 0 N–H and O–H groups in total. The van der Waals surface area contributed by atoms with Gasteiger partial charge in [-0.1, -0.05) is 11.6 Å². The quantitative estimate of drug-likeness (QED) is 0.425. The van der Waals surface area contributed by atoms with Crippen LogP contribution in [0.2, 0.25) is 0 Å². The molecule has 1 aromatic rings. The predicted octanol–water partition coefficient (Wildman–Crippen LogP) is 2.52. The van der Waals surface area contributed by atoms with Gasteiger partial charge in [-0.3, -0.25) is 0 Å². The van der Waals surface area contributed by atoms with Crippen molar-refractivity contribution in [2.45, 2.75) is 6.92 Å². The van der Waals surface area contributed by atoms with Gasteiger partial charge in [-0.05, 0) is 31.3 Å². The maximum absolute atomic E-state index is 11.3. The summed E-state index contributed by atoms with van der Waals surface area (Å²) in [6.45, 7) is 1.89. The van der Waals surface area contributed by atoms with Crippen LogP contribution in [0.4, 0.5) is 5.69 Å². The molecule has 1 aromatic carbocycles. The van der Waals surface area contributed by atoms with E-state index in [1.807, 2.05) is 13.0 Å². The minimum absolute atomic E-state index is 0.407. The van der Waals surface area contributed by atoms with Crippen LogP contribution in [0.1, 0.15) is 15.9 Å². The zero-order chi connectivity index (χ0) is 10.6. The maximum Gasteiger partial charge on any atom is 0.340 e. The predicted molar refractivity (Wildman–Crippen MR) is 57.2 cm³/mol. The summed E-state index contributed by atoms with van der Waals surface area (Å²) < 4.78 is 4.62. The van der Waals surface area contributed by atoms with Crippen LogP contribution >= 0.6 is 12.2 Å².